The van der Waals surface area contributed by atoms with Crippen molar-refractivity contribution < 1.29 is 19.4 Å². The van der Waals surface area contributed by atoms with Crippen molar-refractivity contribution in [1.82, 2.24) is 5.32 Å². The summed E-state index contributed by atoms with van der Waals surface area (Å²) in [5.41, 5.74) is 0.227. The topological polar surface area (TPSA) is 75.6 Å². The van der Waals surface area contributed by atoms with Crippen molar-refractivity contribution >= 4 is 11.9 Å². The van der Waals surface area contributed by atoms with E-state index >= 15 is 0 Å². The minimum Gasteiger partial charge on any atom is -0.452 e. The zero-order valence-corrected chi connectivity index (χ0v) is 9.77. The molecule has 3 aliphatic rings. The molecule has 1 saturated carbocycles. The zero-order chi connectivity index (χ0) is 12.4. The van der Waals surface area contributed by atoms with Crippen LogP contribution in [0.1, 0.15) is 20.3 Å². The van der Waals surface area contributed by atoms with E-state index in [9.17, 15) is 14.7 Å². The van der Waals surface area contributed by atoms with Gasteiger partial charge < -0.3 is 15.2 Å². The van der Waals surface area contributed by atoms with Gasteiger partial charge in [0.2, 0.25) is 5.91 Å². The molecule has 2 N–H and O–H groups in total. The monoisotopic (exact) mass is 237 g/mol. The first kappa shape index (κ1) is 10.8. The van der Waals surface area contributed by atoms with E-state index in [1.54, 1.807) is 0 Å². The summed E-state index contributed by atoms with van der Waals surface area (Å²) in [5, 5.41) is 13.1. The lowest BCUT2D eigenvalue weighted by Crippen LogP contribution is -2.75. The van der Waals surface area contributed by atoms with Crippen molar-refractivity contribution in [3.63, 3.8) is 0 Å². The van der Waals surface area contributed by atoms with Crippen molar-refractivity contribution in [2.75, 3.05) is 0 Å². The fourth-order valence-corrected chi connectivity index (χ4v) is 3.32. The summed E-state index contributed by atoms with van der Waals surface area (Å²) < 4.78 is 5.13. The Balaban J connectivity index is 1.99. The molecule has 0 aromatic heterocycles. The Labute approximate surface area is 98.8 Å². The first-order valence-electron chi connectivity index (χ1n) is 5.87. The summed E-state index contributed by atoms with van der Waals surface area (Å²) in [6.45, 7) is 4.00. The van der Waals surface area contributed by atoms with E-state index < -0.39 is 23.7 Å². The maximum Gasteiger partial charge on any atom is 0.331 e. The molecule has 1 aliphatic carbocycles. The second kappa shape index (κ2) is 3.10. The number of esters is 1. The lowest BCUT2D eigenvalue weighted by Gasteiger charge is -2.56. The van der Waals surface area contributed by atoms with Crippen molar-refractivity contribution in [2.24, 2.45) is 11.8 Å². The van der Waals surface area contributed by atoms with Gasteiger partial charge in [-0.25, -0.2) is 4.79 Å². The zero-order valence-electron chi connectivity index (χ0n) is 9.77. The minimum absolute atomic E-state index is 0.0557. The average molecular weight is 237 g/mol. The third-order valence-corrected chi connectivity index (χ3v) is 4.58. The number of aliphatic hydroxyl groups is 1. The first-order chi connectivity index (χ1) is 7.95. The van der Waals surface area contributed by atoms with Crippen molar-refractivity contribution in [3.05, 3.63) is 11.6 Å². The number of carbonyl (C=O) groups is 2. The van der Waals surface area contributed by atoms with Crippen LogP contribution in [0.3, 0.4) is 0 Å². The van der Waals surface area contributed by atoms with Crippen LogP contribution in [0.2, 0.25) is 0 Å². The molecule has 92 valence electrons. The summed E-state index contributed by atoms with van der Waals surface area (Å²) in [7, 11) is 0. The third-order valence-electron chi connectivity index (χ3n) is 4.58. The molecule has 1 unspecified atom stereocenters. The van der Waals surface area contributed by atoms with E-state index in [-0.39, 0.29) is 17.7 Å². The summed E-state index contributed by atoms with van der Waals surface area (Å²) >= 11 is 0. The highest BCUT2D eigenvalue weighted by Gasteiger charge is 2.62. The number of fused-ring (bicyclic) bond motifs is 1. The van der Waals surface area contributed by atoms with E-state index in [0.717, 1.165) is 5.57 Å². The molecule has 2 fully saturated rings. The molecule has 1 amide bonds. The van der Waals surface area contributed by atoms with Crippen molar-refractivity contribution in [3.8, 4) is 0 Å². The Hall–Kier alpha value is -1.36. The van der Waals surface area contributed by atoms with Gasteiger partial charge >= 0.3 is 5.97 Å². The van der Waals surface area contributed by atoms with E-state index in [0.29, 0.717) is 6.42 Å². The average Bonchev–Trinajstić information content (AvgIpc) is 2.62. The van der Waals surface area contributed by atoms with Gasteiger partial charge in [0, 0.05) is 6.08 Å². The van der Waals surface area contributed by atoms with Crippen LogP contribution >= 0.6 is 0 Å². The summed E-state index contributed by atoms with van der Waals surface area (Å²) in [6, 6.07) is 0. The third kappa shape index (κ3) is 1.17. The molecular weight excluding hydrogens is 222 g/mol. The van der Waals surface area contributed by atoms with Crippen LogP contribution in [-0.2, 0) is 14.3 Å². The van der Waals surface area contributed by atoms with Gasteiger partial charge in [0.15, 0.2) is 6.10 Å². The number of hydrogen-bond acceptors (Lipinski definition) is 4. The number of carbonyl (C=O) groups excluding carboxylic acids is 2. The second-order valence-electron chi connectivity index (χ2n) is 5.29. The molecule has 1 spiro atoms. The highest BCUT2D eigenvalue weighted by Crippen LogP contribution is 2.48. The smallest absolute Gasteiger partial charge is 0.331 e. The van der Waals surface area contributed by atoms with Crippen molar-refractivity contribution in [2.45, 2.75) is 38.0 Å². The highest BCUT2D eigenvalue weighted by atomic mass is 16.6. The first-order valence-corrected chi connectivity index (χ1v) is 5.87. The number of β-lactam (4-membered cyclic amide) rings is 1. The van der Waals surface area contributed by atoms with Crippen LogP contribution in [-0.4, -0.2) is 34.7 Å². The standard InChI is InChI=1S/C12H15NO4/c1-5-6(2)12(4-8(14)13-12)11(16)10-7(5)3-9(15)17-10/h3,5-6,10-11,16H,4H2,1-2H3,(H,13,14)/t5-,6+,10+,11+,12?/m0/s1. The molecule has 1 saturated heterocycles. The fraction of sp³-hybridized carbons (Fsp3) is 0.667. The number of aliphatic hydroxyl groups excluding tert-OH is 1. The number of rotatable bonds is 0. The Morgan fingerprint density at radius 3 is 2.71 bits per heavy atom. The maximum atomic E-state index is 11.3. The number of nitrogens with one attached hydrogen (secondary N) is 1. The van der Waals surface area contributed by atoms with E-state index in [2.05, 4.69) is 5.32 Å². The predicted molar refractivity (Wildman–Crippen MR) is 57.8 cm³/mol. The normalized spacial score (nSPS) is 48.1. The molecule has 5 nitrogen and oxygen atoms in total. The van der Waals surface area contributed by atoms with E-state index in [4.69, 9.17) is 4.74 Å². The van der Waals surface area contributed by atoms with Gasteiger partial charge in [-0.2, -0.15) is 0 Å². The van der Waals surface area contributed by atoms with Crippen LogP contribution in [0.5, 0.6) is 0 Å². The molecule has 3 rings (SSSR count). The Kier molecular flexibility index (Phi) is 1.96. The molecule has 2 heterocycles. The van der Waals surface area contributed by atoms with Crippen LogP contribution < -0.4 is 5.32 Å². The highest BCUT2D eigenvalue weighted by molar-refractivity contribution is 5.88. The lowest BCUT2D eigenvalue weighted by molar-refractivity contribution is -0.164. The Morgan fingerprint density at radius 2 is 2.12 bits per heavy atom. The van der Waals surface area contributed by atoms with Gasteiger partial charge in [-0.1, -0.05) is 13.8 Å². The number of ether oxygens (including phenoxy) is 1. The number of hydrogen-bond donors (Lipinski definition) is 2. The largest absolute Gasteiger partial charge is 0.452 e. The molecule has 0 radical (unpaired) electrons. The number of amides is 1. The van der Waals surface area contributed by atoms with Gasteiger partial charge in [0.25, 0.3) is 0 Å². The Bertz CT molecular complexity index is 434. The fourth-order valence-electron chi connectivity index (χ4n) is 3.32. The van der Waals surface area contributed by atoms with Crippen LogP contribution in [0.25, 0.3) is 0 Å². The van der Waals surface area contributed by atoms with Gasteiger partial charge in [-0.3, -0.25) is 4.79 Å². The molecule has 0 bridgehead atoms. The maximum absolute atomic E-state index is 11.3. The summed E-state index contributed by atoms with van der Waals surface area (Å²) in [4.78, 5) is 22.5. The van der Waals surface area contributed by atoms with E-state index in [1.807, 2.05) is 13.8 Å². The summed E-state index contributed by atoms with van der Waals surface area (Å²) in [6.07, 6.45) is 0.349. The molecular formula is C12H15NO4. The molecule has 0 aromatic rings. The van der Waals surface area contributed by atoms with Gasteiger partial charge in [0.05, 0.1) is 12.0 Å². The minimum atomic E-state index is -0.843. The SMILES string of the molecule is C[C@@H]1C2=CC(=O)O[C@H]2[C@@H](O)C2(CC(=O)N2)[C@@H]1C. The van der Waals surface area contributed by atoms with Crippen LogP contribution in [0, 0.1) is 11.8 Å². The summed E-state index contributed by atoms with van der Waals surface area (Å²) in [5.74, 6) is -0.242. The van der Waals surface area contributed by atoms with Crippen LogP contribution in [0.15, 0.2) is 11.6 Å². The molecule has 17 heavy (non-hydrogen) atoms. The predicted octanol–water partition coefficient (Wildman–Crippen LogP) is -0.256. The Morgan fingerprint density at radius 1 is 1.47 bits per heavy atom. The molecule has 5 heteroatoms. The van der Waals surface area contributed by atoms with E-state index in [1.165, 1.54) is 6.08 Å². The molecule has 5 atom stereocenters. The quantitative estimate of drug-likeness (QED) is 0.450. The van der Waals surface area contributed by atoms with Crippen molar-refractivity contribution in [1.29, 1.82) is 0 Å². The van der Waals surface area contributed by atoms with Gasteiger partial charge in [-0.05, 0) is 17.4 Å². The molecule has 0 aromatic carbocycles. The van der Waals surface area contributed by atoms with Gasteiger partial charge in [-0.15, -0.1) is 0 Å². The van der Waals surface area contributed by atoms with Crippen LogP contribution in [0.4, 0.5) is 0 Å². The van der Waals surface area contributed by atoms with Gasteiger partial charge in [0.1, 0.15) is 6.10 Å². The second-order valence-corrected chi connectivity index (χ2v) is 5.29. The lowest BCUT2D eigenvalue weighted by atomic mass is 9.59. The molecule has 2 aliphatic heterocycles.